The third kappa shape index (κ3) is 2.62. The minimum atomic E-state index is -0.541. The second kappa shape index (κ2) is 5.14. The first kappa shape index (κ1) is 14.1. The lowest BCUT2D eigenvalue weighted by atomic mass is 9.75. The Bertz CT molecular complexity index is 483. The summed E-state index contributed by atoms with van der Waals surface area (Å²) in [7, 11) is 0. The molecule has 1 saturated heterocycles. The van der Waals surface area contributed by atoms with Gasteiger partial charge in [-0.1, -0.05) is 24.3 Å². The van der Waals surface area contributed by atoms with E-state index in [4.69, 9.17) is 14.5 Å². The number of ether oxygens (including phenoxy) is 1. The Labute approximate surface area is 121 Å². The van der Waals surface area contributed by atoms with Gasteiger partial charge >= 0.3 is 0 Å². The van der Waals surface area contributed by atoms with Gasteiger partial charge in [-0.3, -0.25) is 0 Å². The quantitative estimate of drug-likeness (QED) is 0.777. The SMILES string of the molecule is Cc1ccccc1COC12CCCC(C1)C(C)(C)OO2. The van der Waals surface area contributed by atoms with Crippen molar-refractivity contribution in [1.82, 2.24) is 0 Å². The Balaban J connectivity index is 1.69. The Morgan fingerprint density at radius 2 is 2.05 bits per heavy atom. The summed E-state index contributed by atoms with van der Waals surface area (Å²) in [6.45, 7) is 6.91. The highest BCUT2D eigenvalue weighted by Gasteiger charge is 2.50. The van der Waals surface area contributed by atoms with Crippen LogP contribution in [0.15, 0.2) is 24.3 Å². The maximum absolute atomic E-state index is 6.15. The molecule has 2 atom stereocenters. The molecule has 1 aliphatic heterocycles. The van der Waals surface area contributed by atoms with Gasteiger partial charge in [0.25, 0.3) is 0 Å². The Kier molecular flexibility index (Phi) is 3.61. The molecule has 1 aromatic carbocycles. The van der Waals surface area contributed by atoms with Crippen molar-refractivity contribution in [3.05, 3.63) is 35.4 Å². The number of rotatable bonds is 3. The largest absolute Gasteiger partial charge is 0.342 e. The summed E-state index contributed by atoms with van der Waals surface area (Å²) >= 11 is 0. The van der Waals surface area contributed by atoms with Crippen molar-refractivity contribution in [2.45, 2.75) is 64.4 Å². The van der Waals surface area contributed by atoms with E-state index < -0.39 is 5.79 Å². The van der Waals surface area contributed by atoms with E-state index in [1.54, 1.807) is 0 Å². The molecule has 1 heterocycles. The maximum atomic E-state index is 6.15. The van der Waals surface area contributed by atoms with Crippen molar-refractivity contribution in [3.8, 4) is 0 Å². The molecule has 3 rings (SSSR count). The fourth-order valence-electron chi connectivity index (χ4n) is 3.25. The van der Waals surface area contributed by atoms with Gasteiger partial charge < -0.3 is 4.74 Å². The van der Waals surface area contributed by atoms with Gasteiger partial charge in [0, 0.05) is 12.8 Å². The lowest BCUT2D eigenvalue weighted by Crippen LogP contribution is -2.53. The van der Waals surface area contributed by atoms with Gasteiger partial charge in [-0.05, 0) is 50.7 Å². The maximum Gasteiger partial charge on any atom is 0.202 e. The zero-order chi connectivity index (χ0) is 14.2. The predicted molar refractivity (Wildman–Crippen MR) is 76.9 cm³/mol. The number of aryl methyl sites for hydroxylation is 1. The third-order valence-electron chi connectivity index (χ3n) is 4.81. The predicted octanol–water partition coefficient (Wildman–Crippen LogP) is 4.14. The lowest BCUT2D eigenvalue weighted by molar-refractivity contribution is -0.508. The zero-order valence-corrected chi connectivity index (χ0v) is 12.6. The van der Waals surface area contributed by atoms with Crippen LogP contribution in [0.4, 0.5) is 0 Å². The summed E-state index contributed by atoms with van der Waals surface area (Å²) in [4.78, 5) is 11.3. The number of fused-ring (bicyclic) bond motifs is 2. The molecule has 1 saturated carbocycles. The van der Waals surface area contributed by atoms with Gasteiger partial charge in [0.05, 0.1) is 6.61 Å². The minimum absolute atomic E-state index is 0.198. The molecule has 0 amide bonds. The smallest absolute Gasteiger partial charge is 0.202 e. The summed E-state index contributed by atoms with van der Waals surface area (Å²) in [5.41, 5.74) is 2.28. The molecule has 2 aliphatic rings. The van der Waals surface area contributed by atoms with Crippen LogP contribution in [0.3, 0.4) is 0 Å². The Morgan fingerprint density at radius 1 is 1.25 bits per heavy atom. The van der Waals surface area contributed by atoms with E-state index in [-0.39, 0.29) is 5.60 Å². The van der Waals surface area contributed by atoms with Crippen molar-refractivity contribution in [3.63, 3.8) is 0 Å². The van der Waals surface area contributed by atoms with Crippen molar-refractivity contribution >= 4 is 0 Å². The van der Waals surface area contributed by atoms with Crippen LogP contribution in [0.25, 0.3) is 0 Å². The van der Waals surface area contributed by atoms with Gasteiger partial charge in [-0.2, -0.15) is 0 Å². The fourth-order valence-corrected chi connectivity index (χ4v) is 3.25. The van der Waals surface area contributed by atoms with Crippen LogP contribution in [0.2, 0.25) is 0 Å². The normalized spacial score (nSPS) is 32.0. The summed E-state index contributed by atoms with van der Waals surface area (Å²) in [5, 5.41) is 0. The van der Waals surface area contributed by atoms with Gasteiger partial charge in [0.15, 0.2) is 0 Å². The molecule has 1 aliphatic carbocycles. The topological polar surface area (TPSA) is 27.7 Å². The fraction of sp³-hybridized carbons (Fsp3) is 0.647. The molecule has 0 spiro atoms. The van der Waals surface area contributed by atoms with Crippen molar-refractivity contribution in [2.75, 3.05) is 0 Å². The first-order valence-corrected chi connectivity index (χ1v) is 7.56. The van der Waals surface area contributed by atoms with Gasteiger partial charge in [0.2, 0.25) is 5.79 Å². The van der Waals surface area contributed by atoms with E-state index in [0.717, 1.165) is 19.3 Å². The standard InChI is InChI=1S/C17H24O3/c1-13-7-4-5-8-14(13)12-18-17-10-6-9-15(11-17)16(2,3)19-20-17/h4-5,7-8,15H,6,9-12H2,1-3H3. The molecule has 0 radical (unpaired) electrons. The molecular formula is C17H24O3. The Morgan fingerprint density at radius 3 is 2.85 bits per heavy atom. The van der Waals surface area contributed by atoms with Crippen LogP contribution in [0, 0.1) is 12.8 Å². The first-order chi connectivity index (χ1) is 9.51. The van der Waals surface area contributed by atoms with Crippen LogP contribution in [-0.4, -0.2) is 11.4 Å². The molecule has 0 aromatic heterocycles. The van der Waals surface area contributed by atoms with E-state index in [1.807, 2.05) is 6.07 Å². The first-order valence-electron chi connectivity index (χ1n) is 7.56. The molecule has 1 aromatic rings. The van der Waals surface area contributed by atoms with E-state index in [2.05, 4.69) is 39.0 Å². The highest BCUT2D eigenvalue weighted by atomic mass is 17.2. The summed E-state index contributed by atoms with van der Waals surface area (Å²) < 4.78 is 6.15. The monoisotopic (exact) mass is 276 g/mol. The molecule has 20 heavy (non-hydrogen) atoms. The van der Waals surface area contributed by atoms with Crippen LogP contribution in [-0.2, 0) is 21.1 Å². The number of hydrogen-bond donors (Lipinski definition) is 0. The molecule has 3 heteroatoms. The second-order valence-corrected chi connectivity index (χ2v) is 6.69. The van der Waals surface area contributed by atoms with E-state index in [9.17, 15) is 0 Å². The number of benzene rings is 1. The minimum Gasteiger partial charge on any atom is -0.342 e. The van der Waals surface area contributed by atoms with Crippen molar-refractivity contribution < 1.29 is 14.5 Å². The lowest BCUT2D eigenvalue weighted by Gasteiger charge is -2.49. The molecule has 0 N–H and O–H groups in total. The highest BCUT2D eigenvalue weighted by molar-refractivity contribution is 5.24. The van der Waals surface area contributed by atoms with Crippen molar-refractivity contribution in [2.24, 2.45) is 5.92 Å². The van der Waals surface area contributed by atoms with Gasteiger partial charge in [-0.15, -0.1) is 0 Å². The van der Waals surface area contributed by atoms with Crippen LogP contribution in [0.5, 0.6) is 0 Å². The summed E-state index contributed by atoms with van der Waals surface area (Å²) in [5.74, 6) is -0.0253. The van der Waals surface area contributed by atoms with E-state index in [1.165, 1.54) is 17.5 Å². The Hall–Kier alpha value is -0.900. The number of hydrogen-bond acceptors (Lipinski definition) is 3. The average Bonchev–Trinajstić information content (AvgIpc) is 2.44. The molecule has 110 valence electrons. The van der Waals surface area contributed by atoms with E-state index in [0.29, 0.717) is 12.5 Å². The van der Waals surface area contributed by atoms with Crippen LogP contribution >= 0.6 is 0 Å². The summed E-state index contributed by atoms with van der Waals surface area (Å²) in [6.07, 6.45) is 4.20. The molecular weight excluding hydrogens is 252 g/mol. The molecule has 2 fully saturated rings. The third-order valence-corrected chi connectivity index (χ3v) is 4.81. The van der Waals surface area contributed by atoms with E-state index >= 15 is 0 Å². The van der Waals surface area contributed by atoms with Crippen LogP contribution < -0.4 is 0 Å². The van der Waals surface area contributed by atoms with Crippen molar-refractivity contribution in [1.29, 1.82) is 0 Å². The zero-order valence-electron chi connectivity index (χ0n) is 12.6. The molecule has 2 bridgehead atoms. The highest BCUT2D eigenvalue weighted by Crippen LogP contribution is 2.47. The second-order valence-electron chi connectivity index (χ2n) is 6.69. The average molecular weight is 276 g/mol. The van der Waals surface area contributed by atoms with Gasteiger partial charge in [0.1, 0.15) is 5.60 Å². The van der Waals surface area contributed by atoms with Gasteiger partial charge in [-0.25, -0.2) is 9.78 Å². The molecule has 3 nitrogen and oxygen atoms in total. The summed E-state index contributed by atoms with van der Waals surface area (Å²) in [6, 6.07) is 8.33. The molecule has 2 unspecified atom stereocenters. The van der Waals surface area contributed by atoms with Crippen LogP contribution in [0.1, 0.15) is 50.7 Å².